The summed E-state index contributed by atoms with van der Waals surface area (Å²) < 4.78 is 0. The van der Waals surface area contributed by atoms with E-state index in [0.717, 1.165) is 5.01 Å². The van der Waals surface area contributed by atoms with E-state index in [-0.39, 0.29) is 11.5 Å². The van der Waals surface area contributed by atoms with Gasteiger partial charge in [0.15, 0.2) is 0 Å². The first kappa shape index (κ1) is 14.8. The van der Waals surface area contributed by atoms with Crippen LogP contribution in [0.4, 0.5) is 5.69 Å². The molecule has 1 aromatic rings. The van der Waals surface area contributed by atoms with Crippen LogP contribution in [0.2, 0.25) is 0 Å². The molecule has 5 N–H and O–H groups in total. The number of benzene rings is 1. The average molecular weight is 286 g/mol. The van der Waals surface area contributed by atoms with E-state index in [2.05, 4.69) is 18.5 Å². The molecule has 0 spiro atoms. The van der Waals surface area contributed by atoms with E-state index < -0.39 is 11.9 Å². The van der Waals surface area contributed by atoms with Crippen molar-refractivity contribution in [3.8, 4) is 0 Å². The number of hydrogen-bond acceptors (Lipinski definition) is 4. The molecule has 0 aliphatic carbocycles. The van der Waals surface area contributed by atoms with Crippen molar-refractivity contribution in [1.29, 1.82) is 0 Å². The van der Waals surface area contributed by atoms with E-state index in [1.54, 1.807) is 18.2 Å². The number of carbonyl (C=O) groups excluding carboxylic acids is 2. The maximum absolute atomic E-state index is 12.5. The van der Waals surface area contributed by atoms with Gasteiger partial charge in [0.2, 0.25) is 5.91 Å². The van der Waals surface area contributed by atoms with E-state index >= 15 is 0 Å². The molecule has 2 amide bonds. The minimum atomic E-state index is -0.736. The van der Waals surface area contributed by atoms with Gasteiger partial charge in [0.1, 0.15) is 6.04 Å². The largest absolute Gasteiger partial charge is 0.398 e. The second-order valence-corrected chi connectivity index (χ2v) is 4.88. The fourth-order valence-electron chi connectivity index (χ4n) is 2.30. The third-order valence-corrected chi connectivity index (χ3v) is 3.46. The lowest BCUT2D eigenvalue weighted by Gasteiger charge is -2.31. The first-order valence-corrected chi connectivity index (χ1v) is 6.53. The Hall–Kier alpha value is -2.60. The Balaban J connectivity index is 2.30. The number of allylic oxidation sites excluding steroid dienone is 1. The summed E-state index contributed by atoms with van der Waals surface area (Å²) in [4.78, 5) is 24.5. The number of carbonyl (C=O) groups is 2. The number of nitrogens with zero attached hydrogens (tertiary/aromatic N) is 1. The van der Waals surface area contributed by atoms with Crippen molar-refractivity contribution in [3.05, 3.63) is 48.2 Å². The van der Waals surface area contributed by atoms with Crippen molar-refractivity contribution in [3.63, 3.8) is 0 Å². The molecule has 1 saturated heterocycles. The van der Waals surface area contributed by atoms with Crippen LogP contribution in [-0.4, -0.2) is 22.9 Å². The number of nitrogen functional groups attached to an aromatic ring is 1. The van der Waals surface area contributed by atoms with E-state index in [9.17, 15) is 9.59 Å². The number of hydrogen-bond donors (Lipinski definition) is 3. The number of rotatable bonds is 3. The molecule has 110 valence electrons. The first-order chi connectivity index (χ1) is 9.95. The summed E-state index contributed by atoms with van der Waals surface area (Å²) in [6, 6.07) is 4.31. The van der Waals surface area contributed by atoms with Crippen LogP contribution in [0.15, 0.2) is 37.1 Å². The predicted molar refractivity (Wildman–Crippen MR) is 81.6 cm³/mol. The molecule has 1 aliphatic rings. The fourth-order valence-corrected chi connectivity index (χ4v) is 2.30. The highest BCUT2D eigenvalue weighted by molar-refractivity contribution is 6.04. The van der Waals surface area contributed by atoms with Gasteiger partial charge in [-0.25, -0.2) is 5.84 Å². The van der Waals surface area contributed by atoms with Crippen LogP contribution >= 0.6 is 0 Å². The van der Waals surface area contributed by atoms with Crippen LogP contribution in [0.1, 0.15) is 28.8 Å². The Bertz CT molecular complexity index is 624. The highest BCUT2D eigenvalue weighted by atomic mass is 16.2. The maximum atomic E-state index is 12.5. The highest BCUT2D eigenvalue weighted by Gasteiger charge is 2.32. The van der Waals surface area contributed by atoms with Crippen LogP contribution in [0.25, 0.3) is 6.08 Å². The van der Waals surface area contributed by atoms with Gasteiger partial charge in [-0.15, -0.1) is 0 Å². The zero-order chi connectivity index (χ0) is 15.6. The summed E-state index contributed by atoms with van der Waals surface area (Å²) in [5.74, 6) is 5.02. The van der Waals surface area contributed by atoms with Crippen LogP contribution in [0, 0.1) is 0 Å². The maximum Gasteiger partial charge on any atom is 0.271 e. The molecule has 1 fully saturated rings. The summed E-state index contributed by atoms with van der Waals surface area (Å²) in [7, 11) is 0. The summed E-state index contributed by atoms with van der Waals surface area (Å²) in [5, 5.41) is 3.53. The molecular formula is C15H18N4O2. The molecule has 0 aromatic heterocycles. The molecule has 1 aliphatic heterocycles. The van der Waals surface area contributed by atoms with E-state index in [4.69, 9.17) is 11.6 Å². The van der Waals surface area contributed by atoms with Crippen molar-refractivity contribution in [2.24, 2.45) is 5.84 Å². The Morgan fingerprint density at radius 2 is 2.19 bits per heavy atom. The molecule has 0 saturated carbocycles. The molecule has 1 atom stereocenters. The van der Waals surface area contributed by atoms with E-state index in [1.807, 2.05) is 0 Å². The topological polar surface area (TPSA) is 101 Å². The van der Waals surface area contributed by atoms with Crippen LogP contribution in [0.5, 0.6) is 0 Å². The number of piperidine rings is 1. The Morgan fingerprint density at radius 3 is 2.81 bits per heavy atom. The Morgan fingerprint density at radius 1 is 1.48 bits per heavy atom. The molecule has 6 nitrogen and oxygen atoms in total. The predicted octanol–water partition coefficient (Wildman–Crippen LogP) is 1.02. The number of hydrazine groups is 1. The Kier molecular flexibility index (Phi) is 4.09. The molecule has 2 rings (SSSR count). The van der Waals surface area contributed by atoms with Crippen LogP contribution < -0.4 is 16.9 Å². The number of amides is 2. The third kappa shape index (κ3) is 2.80. The summed E-state index contributed by atoms with van der Waals surface area (Å²) >= 11 is 0. The normalized spacial score (nSPS) is 18.0. The number of nitrogens with two attached hydrogens (primary N) is 2. The van der Waals surface area contributed by atoms with Gasteiger partial charge >= 0.3 is 0 Å². The number of anilines is 1. The third-order valence-electron chi connectivity index (χ3n) is 3.46. The van der Waals surface area contributed by atoms with Gasteiger partial charge in [0, 0.05) is 11.4 Å². The highest BCUT2D eigenvalue weighted by Crippen LogP contribution is 2.22. The van der Waals surface area contributed by atoms with Crippen molar-refractivity contribution in [1.82, 2.24) is 10.3 Å². The molecule has 21 heavy (non-hydrogen) atoms. The van der Waals surface area contributed by atoms with Gasteiger partial charge < -0.3 is 11.1 Å². The van der Waals surface area contributed by atoms with Gasteiger partial charge in [-0.2, -0.15) is 0 Å². The van der Waals surface area contributed by atoms with Crippen molar-refractivity contribution in [2.75, 3.05) is 5.73 Å². The lowest BCUT2D eigenvalue weighted by atomic mass is 10.0. The molecule has 0 radical (unpaired) electrons. The smallest absolute Gasteiger partial charge is 0.271 e. The minimum absolute atomic E-state index is 0.257. The SMILES string of the molecule is C=Cc1cccc(N)c1C(=O)N(N)C1CCC(=C)NC1=O. The average Bonchev–Trinajstić information content (AvgIpc) is 2.45. The molecular weight excluding hydrogens is 268 g/mol. The lowest BCUT2D eigenvalue weighted by molar-refractivity contribution is -0.126. The summed E-state index contributed by atoms with van der Waals surface area (Å²) in [6.07, 6.45) is 2.54. The van der Waals surface area contributed by atoms with Gasteiger partial charge in [0.05, 0.1) is 5.56 Å². The van der Waals surface area contributed by atoms with Crippen molar-refractivity contribution < 1.29 is 9.59 Å². The van der Waals surface area contributed by atoms with Crippen molar-refractivity contribution in [2.45, 2.75) is 18.9 Å². The van der Waals surface area contributed by atoms with Crippen LogP contribution in [-0.2, 0) is 4.79 Å². The van der Waals surface area contributed by atoms with Gasteiger partial charge in [-0.1, -0.05) is 31.4 Å². The van der Waals surface area contributed by atoms with Gasteiger partial charge in [-0.3, -0.25) is 14.6 Å². The van der Waals surface area contributed by atoms with E-state index in [0.29, 0.717) is 29.8 Å². The summed E-state index contributed by atoms with van der Waals surface area (Å²) in [5.41, 5.74) is 7.62. The summed E-state index contributed by atoms with van der Waals surface area (Å²) in [6.45, 7) is 7.35. The first-order valence-electron chi connectivity index (χ1n) is 6.53. The second-order valence-electron chi connectivity index (χ2n) is 4.88. The monoisotopic (exact) mass is 286 g/mol. The minimum Gasteiger partial charge on any atom is -0.398 e. The molecule has 6 heteroatoms. The lowest BCUT2D eigenvalue weighted by Crippen LogP contribution is -2.55. The Labute approximate surface area is 123 Å². The van der Waals surface area contributed by atoms with Crippen LogP contribution in [0.3, 0.4) is 0 Å². The standard InChI is InChI=1S/C15H18N4O2/c1-3-10-5-4-6-11(16)13(10)15(21)19(17)12-8-7-9(2)18-14(12)20/h3-6,12H,1-2,7-8,16-17H2,(H,18,20). The van der Waals surface area contributed by atoms with Gasteiger partial charge in [-0.05, 0) is 24.5 Å². The molecule has 1 heterocycles. The quantitative estimate of drug-likeness (QED) is 0.334. The number of nitrogens with one attached hydrogen (secondary N) is 1. The molecule has 1 unspecified atom stereocenters. The van der Waals surface area contributed by atoms with Crippen molar-refractivity contribution >= 4 is 23.6 Å². The molecule has 1 aromatic carbocycles. The van der Waals surface area contributed by atoms with E-state index in [1.165, 1.54) is 6.08 Å². The fraction of sp³-hybridized carbons (Fsp3) is 0.200. The molecule has 0 bridgehead atoms. The zero-order valence-electron chi connectivity index (χ0n) is 11.6. The second kappa shape index (κ2) is 5.80. The van der Waals surface area contributed by atoms with Gasteiger partial charge in [0.25, 0.3) is 5.91 Å². The zero-order valence-corrected chi connectivity index (χ0v) is 11.6.